The first-order valence-electron chi connectivity index (χ1n) is 27.8. The fourth-order valence-electron chi connectivity index (χ4n) is 8.63. The zero-order valence-corrected chi connectivity index (χ0v) is 41.8. The molecule has 0 saturated heterocycles. The Kier molecular flexibility index (Phi) is 51.0. The number of carbonyl (C=O) groups excluding carboxylic acids is 1. The van der Waals surface area contributed by atoms with Gasteiger partial charge in [0.2, 0.25) is 5.91 Å². The molecule has 0 rings (SSSR count). The third-order valence-electron chi connectivity index (χ3n) is 12.9. The summed E-state index contributed by atoms with van der Waals surface area (Å²) in [6, 6.07) is -0.830. The minimum atomic E-state index is -1.16. The van der Waals surface area contributed by atoms with Crippen LogP contribution in [0.2, 0.25) is 0 Å². The standard InChI is InChI=1S/C57H109NO4/c1-3-5-7-9-11-13-15-16-17-18-19-20-21-22-23-24-25-26-27-28-29-30-31-32-33-34-35-36-37-38-39-40-42-44-46-48-50-52-56(61)58-54(53-59)57(62)55(60)51-49-47-45-43-41-14-12-10-8-6-4-2/h10,12,26-27,43,45,54-55,57,59-60,62H,3-9,11,13-25,28-42,44,46-53H2,1-2H3,(H,58,61)/b12-10+,27-26-,45-43+. The number of nitrogens with one attached hydrogen (secondary N) is 1. The van der Waals surface area contributed by atoms with Crippen molar-refractivity contribution in [2.75, 3.05) is 6.61 Å². The third kappa shape index (κ3) is 46.6. The quantitative estimate of drug-likeness (QED) is 0.0362. The molecule has 0 radical (unpaired) electrons. The van der Waals surface area contributed by atoms with Gasteiger partial charge in [0, 0.05) is 6.42 Å². The molecule has 0 heterocycles. The lowest BCUT2D eigenvalue weighted by Crippen LogP contribution is -2.50. The van der Waals surface area contributed by atoms with Gasteiger partial charge in [-0.15, -0.1) is 0 Å². The number of hydrogen-bond donors (Lipinski definition) is 4. The highest BCUT2D eigenvalue weighted by Gasteiger charge is 2.26. The molecule has 0 aliphatic heterocycles. The van der Waals surface area contributed by atoms with Gasteiger partial charge in [-0.3, -0.25) is 4.79 Å². The van der Waals surface area contributed by atoms with Crippen LogP contribution < -0.4 is 5.32 Å². The summed E-state index contributed by atoms with van der Waals surface area (Å²) < 4.78 is 0. The van der Waals surface area contributed by atoms with E-state index in [4.69, 9.17) is 0 Å². The Labute approximate surface area is 387 Å². The van der Waals surface area contributed by atoms with E-state index in [1.54, 1.807) is 0 Å². The van der Waals surface area contributed by atoms with Gasteiger partial charge in [0.15, 0.2) is 0 Å². The maximum Gasteiger partial charge on any atom is 0.220 e. The van der Waals surface area contributed by atoms with E-state index in [9.17, 15) is 20.1 Å². The minimum absolute atomic E-state index is 0.157. The van der Waals surface area contributed by atoms with E-state index >= 15 is 0 Å². The molecule has 4 N–H and O–H groups in total. The molecule has 3 atom stereocenters. The van der Waals surface area contributed by atoms with E-state index < -0.39 is 18.2 Å². The van der Waals surface area contributed by atoms with Crippen LogP contribution in [0.15, 0.2) is 36.5 Å². The zero-order valence-electron chi connectivity index (χ0n) is 41.8. The molecule has 0 aliphatic carbocycles. The normalized spacial score (nSPS) is 13.6. The average Bonchev–Trinajstić information content (AvgIpc) is 3.28. The summed E-state index contributed by atoms with van der Waals surface area (Å²) >= 11 is 0. The van der Waals surface area contributed by atoms with E-state index in [0.29, 0.717) is 12.8 Å². The van der Waals surface area contributed by atoms with E-state index in [1.165, 1.54) is 218 Å². The molecule has 0 aromatic heterocycles. The fourth-order valence-corrected chi connectivity index (χ4v) is 8.63. The van der Waals surface area contributed by atoms with Gasteiger partial charge in [-0.2, -0.15) is 0 Å². The summed E-state index contributed by atoms with van der Waals surface area (Å²) in [5.74, 6) is -0.157. The maximum absolute atomic E-state index is 12.5. The van der Waals surface area contributed by atoms with Gasteiger partial charge in [0.1, 0.15) is 6.10 Å². The first-order valence-corrected chi connectivity index (χ1v) is 27.8. The van der Waals surface area contributed by atoms with Crippen LogP contribution in [0.5, 0.6) is 0 Å². The Morgan fingerprint density at radius 2 is 0.677 bits per heavy atom. The van der Waals surface area contributed by atoms with Crippen molar-refractivity contribution in [3.63, 3.8) is 0 Å². The van der Waals surface area contributed by atoms with Gasteiger partial charge in [0.25, 0.3) is 0 Å². The van der Waals surface area contributed by atoms with Crippen molar-refractivity contribution >= 4 is 5.91 Å². The van der Waals surface area contributed by atoms with E-state index in [2.05, 4.69) is 55.6 Å². The highest BCUT2D eigenvalue weighted by atomic mass is 16.3. The number of carbonyl (C=O) groups is 1. The smallest absolute Gasteiger partial charge is 0.220 e. The van der Waals surface area contributed by atoms with Crippen molar-refractivity contribution in [3.05, 3.63) is 36.5 Å². The fraction of sp³-hybridized carbons (Fsp3) is 0.877. The van der Waals surface area contributed by atoms with E-state index in [1.807, 2.05) is 0 Å². The molecule has 62 heavy (non-hydrogen) atoms. The topological polar surface area (TPSA) is 89.8 Å². The van der Waals surface area contributed by atoms with Gasteiger partial charge in [-0.1, -0.05) is 256 Å². The van der Waals surface area contributed by atoms with Crippen LogP contribution >= 0.6 is 0 Å². The molecule has 0 aromatic rings. The minimum Gasteiger partial charge on any atom is -0.394 e. The molecule has 0 aliphatic rings. The first kappa shape index (κ1) is 60.6. The van der Waals surface area contributed by atoms with Crippen LogP contribution in [0.1, 0.15) is 296 Å². The monoisotopic (exact) mass is 872 g/mol. The molecule has 366 valence electrons. The highest BCUT2D eigenvalue weighted by molar-refractivity contribution is 5.76. The third-order valence-corrected chi connectivity index (χ3v) is 12.9. The Morgan fingerprint density at radius 3 is 1.03 bits per heavy atom. The van der Waals surface area contributed by atoms with Crippen molar-refractivity contribution in [3.8, 4) is 0 Å². The molecule has 0 bridgehead atoms. The second-order valence-electron chi connectivity index (χ2n) is 19.1. The van der Waals surface area contributed by atoms with Crippen LogP contribution in [0.4, 0.5) is 0 Å². The van der Waals surface area contributed by atoms with Gasteiger partial charge in [-0.05, 0) is 70.6 Å². The average molecular weight is 873 g/mol. The predicted octanol–water partition coefficient (Wildman–Crippen LogP) is 17.1. The molecule has 3 unspecified atom stereocenters. The summed E-state index contributed by atoms with van der Waals surface area (Å²) in [5.41, 5.74) is 0. The zero-order chi connectivity index (χ0) is 45.1. The molecule has 0 aromatic carbocycles. The number of unbranched alkanes of at least 4 members (excludes halogenated alkanes) is 37. The van der Waals surface area contributed by atoms with Crippen molar-refractivity contribution in [2.24, 2.45) is 0 Å². The van der Waals surface area contributed by atoms with E-state index in [0.717, 1.165) is 51.4 Å². The van der Waals surface area contributed by atoms with E-state index in [-0.39, 0.29) is 12.5 Å². The van der Waals surface area contributed by atoms with Gasteiger partial charge in [0.05, 0.1) is 18.8 Å². The number of rotatable bonds is 51. The van der Waals surface area contributed by atoms with Crippen LogP contribution in [0, 0.1) is 0 Å². The Hall–Kier alpha value is -1.43. The highest BCUT2D eigenvalue weighted by Crippen LogP contribution is 2.17. The second kappa shape index (κ2) is 52.2. The molecular weight excluding hydrogens is 763 g/mol. The van der Waals surface area contributed by atoms with Crippen molar-refractivity contribution in [2.45, 2.75) is 315 Å². The Morgan fingerprint density at radius 1 is 0.387 bits per heavy atom. The van der Waals surface area contributed by atoms with Crippen LogP contribution in [0.25, 0.3) is 0 Å². The lowest BCUT2D eigenvalue weighted by molar-refractivity contribution is -0.124. The molecule has 5 nitrogen and oxygen atoms in total. The maximum atomic E-state index is 12.5. The molecular formula is C57H109NO4. The second-order valence-corrected chi connectivity index (χ2v) is 19.1. The number of allylic oxidation sites excluding steroid dienone is 6. The Bertz CT molecular complexity index is 962. The number of aliphatic hydroxyl groups is 3. The summed E-state index contributed by atoms with van der Waals surface area (Å²) in [5, 5.41) is 33.5. The molecule has 5 heteroatoms. The lowest BCUT2D eigenvalue weighted by Gasteiger charge is -2.26. The molecule has 0 fully saturated rings. The van der Waals surface area contributed by atoms with Crippen molar-refractivity contribution in [1.82, 2.24) is 5.32 Å². The summed E-state index contributed by atoms with van der Waals surface area (Å²) in [7, 11) is 0. The first-order chi connectivity index (χ1) is 30.6. The number of hydrogen-bond acceptors (Lipinski definition) is 4. The SMILES string of the molecule is CCCC/C=C/CC/C=C/CCCC(O)C(O)C(CO)NC(=O)CCCCCCCCCCCCCCCCCCC/C=C\CCCCCCCCCCCCCCCCCC. The largest absolute Gasteiger partial charge is 0.394 e. The number of aliphatic hydroxyl groups excluding tert-OH is 3. The molecule has 1 amide bonds. The van der Waals surface area contributed by atoms with Crippen molar-refractivity contribution < 1.29 is 20.1 Å². The predicted molar refractivity (Wildman–Crippen MR) is 273 cm³/mol. The van der Waals surface area contributed by atoms with Crippen LogP contribution in [-0.2, 0) is 4.79 Å². The molecule has 0 spiro atoms. The summed E-state index contributed by atoms with van der Waals surface area (Å²) in [6.07, 6.45) is 67.6. The lowest BCUT2D eigenvalue weighted by atomic mass is 10.0. The number of amides is 1. The van der Waals surface area contributed by atoms with Crippen LogP contribution in [0.3, 0.4) is 0 Å². The van der Waals surface area contributed by atoms with Gasteiger partial charge in [-0.25, -0.2) is 0 Å². The van der Waals surface area contributed by atoms with Crippen molar-refractivity contribution in [1.29, 1.82) is 0 Å². The molecule has 0 saturated carbocycles. The summed E-state index contributed by atoms with van der Waals surface area (Å²) in [6.45, 7) is 4.13. The van der Waals surface area contributed by atoms with Gasteiger partial charge >= 0.3 is 0 Å². The van der Waals surface area contributed by atoms with Crippen LogP contribution in [-0.4, -0.2) is 46.1 Å². The van der Waals surface area contributed by atoms with Gasteiger partial charge < -0.3 is 20.6 Å². The Balaban J connectivity index is 3.44. The summed E-state index contributed by atoms with van der Waals surface area (Å²) in [4.78, 5) is 12.5.